The number of fused-ring (bicyclic) bond motifs is 6. The summed E-state index contributed by atoms with van der Waals surface area (Å²) in [7, 11) is 7.04. The molecule has 6 aromatic heterocycles. The second-order valence-corrected chi connectivity index (χ2v) is 27.1. The normalized spacial score (nSPS) is 20.1. The fourth-order valence-corrected chi connectivity index (χ4v) is 13.5. The lowest BCUT2D eigenvalue weighted by atomic mass is 10.1. The van der Waals surface area contributed by atoms with E-state index in [1.54, 1.807) is 81.6 Å². The van der Waals surface area contributed by atoms with Crippen LogP contribution in [0.4, 0.5) is 27.2 Å². The van der Waals surface area contributed by atoms with Crippen molar-refractivity contribution in [2.75, 3.05) is 65.4 Å². The summed E-state index contributed by atoms with van der Waals surface area (Å²) in [5.41, 5.74) is 9.70. The standard InChI is InChI=1S/C32H42N8O4.C18H26N4O3.C14H17ClN4O/c1-19-24(28(41)38-17-22-11-12-23(18-38)39(22)31(43)44-32(2,3)4)13-14-26(34-19)35-30-33-16-20-15-25(29(42)37(5)6)40(27(20)36-30)21-9-7-8-10-21;1-11-14(7-8-15(19)20-11)16(23)21-9-12-5-6-13(10-21)22(12)17(24)25-18(2,3)4;1-18(2)13(20)11-7-9-8-16-14(15)17-12(9)19(11)10-5-3-4-6-10/h13-16,21-23H,7-12,17-18H2,1-6H3,(H,33,34,35,36);7-8,12-13H,5-6,9-10H2,1-4H3,(H2,19,20);7-8,10H,3-6H2,1-2H3. The molecule has 25 heteroatoms. The molecule has 4 unspecified atom stereocenters. The summed E-state index contributed by atoms with van der Waals surface area (Å²) >= 11 is 5.92. The van der Waals surface area contributed by atoms with Gasteiger partial charge in [0.15, 0.2) is 0 Å². The summed E-state index contributed by atoms with van der Waals surface area (Å²) in [5, 5.41) is 5.10. The number of amides is 6. The molecule has 0 spiro atoms. The average Bonchev–Trinajstić information content (AvgIpc) is 1.97. The first-order chi connectivity index (χ1) is 42.1. The second-order valence-electron chi connectivity index (χ2n) is 26.8. The molecule has 24 nitrogen and oxygen atoms in total. The Labute approximate surface area is 524 Å². The Kier molecular flexibility index (Phi) is 18.5. The molecule has 89 heavy (non-hydrogen) atoms. The smallest absolute Gasteiger partial charge is 0.410 e. The Morgan fingerprint density at radius 3 is 1.36 bits per heavy atom. The van der Waals surface area contributed by atoms with Crippen LogP contribution in [0.1, 0.15) is 184 Å². The van der Waals surface area contributed by atoms with Crippen molar-refractivity contribution in [2.24, 2.45) is 0 Å². The lowest BCUT2D eigenvalue weighted by Gasteiger charge is -2.41. The molecule has 6 aromatic rings. The number of halogens is 1. The quantitative estimate of drug-likeness (QED) is 0.134. The van der Waals surface area contributed by atoms with Crippen LogP contribution in [0.15, 0.2) is 48.8 Å². The Morgan fingerprint density at radius 2 is 0.955 bits per heavy atom. The number of rotatable bonds is 8. The first kappa shape index (κ1) is 63.9. The Morgan fingerprint density at radius 1 is 0.551 bits per heavy atom. The lowest BCUT2D eigenvalue weighted by Crippen LogP contribution is -2.58. The summed E-state index contributed by atoms with van der Waals surface area (Å²) in [6, 6.07) is 11.1. The molecule has 3 N–H and O–H groups in total. The largest absolute Gasteiger partial charge is 0.444 e. The van der Waals surface area contributed by atoms with Crippen LogP contribution in [-0.2, 0) is 9.47 Å². The maximum Gasteiger partial charge on any atom is 0.410 e. The number of aromatic nitrogens is 8. The monoisotopic (exact) mass is 1240 g/mol. The van der Waals surface area contributed by atoms with Crippen LogP contribution < -0.4 is 11.1 Å². The number of ether oxygens (including phenoxy) is 2. The highest BCUT2D eigenvalue weighted by atomic mass is 35.5. The van der Waals surface area contributed by atoms with Crippen molar-refractivity contribution in [1.82, 2.24) is 68.4 Å². The van der Waals surface area contributed by atoms with Crippen molar-refractivity contribution in [2.45, 2.75) is 180 Å². The van der Waals surface area contributed by atoms with Crippen molar-refractivity contribution in [1.29, 1.82) is 0 Å². The molecule has 476 valence electrons. The van der Waals surface area contributed by atoms with Gasteiger partial charge >= 0.3 is 12.2 Å². The first-order valence-corrected chi connectivity index (χ1v) is 31.4. The maximum atomic E-state index is 13.6. The van der Waals surface area contributed by atoms with E-state index >= 15 is 0 Å². The maximum absolute atomic E-state index is 13.6. The molecule has 6 amide bonds. The number of nitrogens with zero attached hydrogens (tertiary/aromatic N) is 14. The summed E-state index contributed by atoms with van der Waals surface area (Å²) in [6.07, 6.45) is 15.2. The highest BCUT2D eigenvalue weighted by Gasteiger charge is 2.47. The van der Waals surface area contributed by atoms with E-state index in [4.69, 9.17) is 31.8 Å². The van der Waals surface area contributed by atoms with Crippen LogP contribution in [-0.4, -0.2) is 194 Å². The van der Waals surface area contributed by atoms with Gasteiger partial charge < -0.3 is 49.3 Å². The number of piperazine rings is 2. The van der Waals surface area contributed by atoms with E-state index in [0.717, 1.165) is 86.3 Å². The highest BCUT2D eigenvalue weighted by Crippen LogP contribution is 2.38. The topological polar surface area (TPSA) is 266 Å². The molecule has 6 fully saturated rings. The number of hydrogen-bond acceptors (Lipinski definition) is 16. The molecule has 10 heterocycles. The van der Waals surface area contributed by atoms with Crippen molar-refractivity contribution in [3.63, 3.8) is 0 Å². The SMILES string of the molecule is CN(C)C(=O)c1cc2cnc(Cl)nc2n1C1CCCC1.Cc1nc(N)ccc1C(=O)N1CC2CCC(C1)N2C(=O)OC(C)(C)C.Cc1nc(Nc2ncc3cc(C(=O)N(C)C)n(C4CCCC4)c3n2)ccc1C(=O)N1CC2CCC(C1)N2C(=O)OC(C)(C)C. The van der Waals surface area contributed by atoms with Gasteiger partial charge in [0.05, 0.1) is 46.7 Å². The van der Waals surface area contributed by atoms with Crippen molar-refractivity contribution < 1.29 is 38.2 Å². The zero-order chi connectivity index (χ0) is 64.0. The zero-order valence-corrected chi connectivity index (χ0v) is 54.1. The molecule has 0 radical (unpaired) electrons. The molecule has 4 bridgehead atoms. The van der Waals surface area contributed by atoms with Gasteiger partial charge in [-0.3, -0.25) is 29.0 Å². The van der Waals surface area contributed by atoms with Gasteiger partial charge in [-0.1, -0.05) is 25.7 Å². The molecule has 4 aliphatic heterocycles. The van der Waals surface area contributed by atoms with Gasteiger partial charge in [-0.25, -0.2) is 29.5 Å². The predicted octanol–water partition coefficient (Wildman–Crippen LogP) is 10.0. The number of nitrogens with one attached hydrogen (secondary N) is 1. The number of pyridine rings is 2. The van der Waals surface area contributed by atoms with E-state index < -0.39 is 11.2 Å². The summed E-state index contributed by atoms with van der Waals surface area (Å²) in [5.74, 6) is 1.10. The van der Waals surface area contributed by atoms with Crippen molar-refractivity contribution in [3.05, 3.63) is 88.0 Å². The van der Waals surface area contributed by atoms with Gasteiger partial charge in [-0.2, -0.15) is 9.97 Å². The summed E-state index contributed by atoms with van der Waals surface area (Å²) in [4.78, 5) is 114. The molecule has 12 rings (SSSR count). The molecule has 2 aliphatic carbocycles. The van der Waals surface area contributed by atoms with Crippen LogP contribution in [0.2, 0.25) is 5.28 Å². The van der Waals surface area contributed by atoms with Crippen molar-refractivity contribution in [3.8, 4) is 0 Å². The van der Waals surface area contributed by atoms with Crippen LogP contribution in [0, 0.1) is 13.8 Å². The highest BCUT2D eigenvalue weighted by molar-refractivity contribution is 6.28. The Balaban J connectivity index is 0.000000163. The van der Waals surface area contributed by atoms with E-state index in [-0.39, 0.29) is 71.3 Å². The Bertz CT molecular complexity index is 3640. The minimum Gasteiger partial charge on any atom is -0.444 e. The number of carbonyl (C=O) groups excluding carboxylic acids is 6. The number of likely N-dealkylation sites (tertiary alicyclic amines) is 2. The van der Waals surface area contributed by atoms with Crippen LogP contribution in [0.5, 0.6) is 0 Å². The second kappa shape index (κ2) is 25.8. The Hall–Kier alpha value is -8.15. The third-order valence-corrected chi connectivity index (χ3v) is 17.6. The van der Waals surface area contributed by atoms with Crippen LogP contribution in [0.25, 0.3) is 22.1 Å². The molecule has 0 aromatic carbocycles. The van der Waals surface area contributed by atoms with Gasteiger partial charge in [0.2, 0.25) is 11.2 Å². The number of hydrogen-bond donors (Lipinski definition) is 2. The third kappa shape index (κ3) is 14.0. The van der Waals surface area contributed by atoms with E-state index in [2.05, 4.69) is 39.4 Å². The molecule has 4 saturated heterocycles. The van der Waals surface area contributed by atoms with Gasteiger partial charge in [0.25, 0.3) is 23.6 Å². The van der Waals surface area contributed by atoms with Gasteiger partial charge in [-0.05, 0) is 155 Å². The van der Waals surface area contributed by atoms with E-state index in [0.29, 0.717) is 83.7 Å². The number of aryl methyl sites for hydroxylation is 2. The number of nitrogens with two attached hydrogens (primary N) is 1. The van der Waals surface area contributed by atoms with Gasteiger partial charge in [0.1, 0.15) is 45.5 Å². The van der Waals surface area contributed by atoms with Crippen molar-refractivity contribution >= 4 is 87.1 Å². The van der Waals surface area contributed by atoms with E-state index in [9.17, 15) is 28.8 Å². The fourth-order valence-electron chi connectivity index (χ4n) is 13.4. The molecule has 2 saturated carbocycles. The molecule has 4 atom stereocenters. The van der Waals surface area contributed by atoms with E-state index in [1.807, 2.05) is 80.2 Å². The predicted molar refractivity (Wildman–Crippen MR) is 338 cm³/mol. The molecular weight excluding hydrogens is 1160 g/mol. The third-order valence-electron chi connectivity index (χ3n) is 17.4. The number of nitrogen functional groups attached to an aromatic ring is 1. The average molecular weight is 1240 g/mol. The van der Waals surface area contributed by atoms with E-state index in [1.165, 1.54) is 12.8 Å². The summed E-state index contributed by atoms with van der Waals surface area (Å²) in [6.45, 7) is 16.8. The minimum atomic E-state index is -0.562. The van der Waals surface area contributed by atoms with Gasteiger partial charge in [0, 0.05) is 89.6 Å². The summed E-state index contributed by atoms with van der Waals surface area (Å²) < 4.78 is 15.3. The van der Waals surface area contributed by atoms with Crippen LogP contribution >= 0.6 is 11.6 Å². The zero-order valence-electron chi connectivity index (χ0n) is 53.4. The first-order valence-electron chi connectivity index (χ1n) is 31.1. The van der Waals surface area contributed by atoms with Gasteiger partial charge in [-0.15, -0.1) is 0 Å². The lowest BCUT2D eigenvalue weighted by molar-refractivity contribution is -0.00388. The minimum absolute atomic E-state index is 0.00831. The number of carbonyl (C=O) groups is 6. The molecular formula is C64H85ClN16O8. The number of anilines is 3. The van der Waals surface area contributed by atoms with Crippen LogP contribution in [0.3, 0.4) is 0 Å². The molecule has 6 aliphatic rings. The fraction of sp³-hybridized carbons (Fsp3) is 0.562.